The molecule has 0 amide bonds. The fraction of sp³-hybridized carbons (Fsp3) is 0.462. The first-order chi connectivity index (χ1) is 7.59. The molecule has 3 nitrogen and oxygen atoms in total. The van der Waals surface area contributed by atoms with Gasteiger partial charge in [-0.3, -0.25) is 0 Å². The molecule has 0 aliphatic heterocycles. The summed E-state index contributed by atoms with van der Waals surface area (Å²) in [6.45, 7) is 6.44. The normalized spacial score (nSPS) is 10.7. The fourth-order valence-electron chi connectivity index (χ4n) is 1.50. The largest absolute Gasteiger partial charge is 0.545 e. The first-order valence-corrected chi connectivity index (χ1v) is 5.71. The van der Waals surface area contributed by atoms with E-state index in [0.29, 0.717) is 0 Å². The van der Waals surface area contributed by atoms with E-state index in [9.17, 15) is 9.90 Å². The minimum Gasteiger partial charge on any atom is -0.545 e. The Bertz CT molecular complexity index is 330. The van der Waals surface area contributed by atoms with Crippen LogP contribution in [0.3, 0.4) is 0 Å². The lowest BCUT2D eigenvalue weighted by molar-refractivity contribution is -0.671. The quantitative estimate of drug-likeness (QED) is 0.696. The number of nitrogens with two attached hydrogens (primary N) is 1. The molecule has 0 unspecified atom stereocenters. The Labute approximate surface area is 96.5 Å². The summed E-state index contributed by atoms with van der Waals surface area (Å²) < 4.78 is 0. The van der Waals surface area contributed by atoms with Crippen LogP contribution in [0.15, 0.2) is 24.3 Å². The summed E-state index contributed by atoms with van der Waals surface area (Å²) in [4.78, 5) is 10.5. The average Bonchev–Trinajstić information content (AvgIpc) is 2.25. The van der Waals surface area contributed by atoms with Gasteiger partial charge in [0.2, 0.25) is 0 Å². The predicted molar refractivity (Wildman–Crippen MR) is 60.7 cm³/mol. The number of benzene rings is 1. The highest BCUT2D eigenvalue weighted by Gasteiger charge is 1.99. The summed E-state index contributed by atoms with van der Waals surface area (Å²) in [5.41, 5.74) is 1.39. The highest BCUT2D eigenvalue weighted by molar-refractivity contribution is 5.85. The molecule has 0 atom stereocenters. The number of carbonyl (C=O) groups excluding carboxylic acids is 1. The Morgan fingerprint density at radius 2 is 1.94 bits per heavy atom. The van der Waals surface area contributed by atoms with Crippen LogP contribution < -0.4 is 10.4 Å². The van der Waals surface area contributed by atoms with Gasteiger partial charge in [0.05, 0.1) is 12.5 Å². The van der Waals surface area contributed by atoms with Gasteiger partial charge in [0.1, 0.15) is 6.54 Å². The second kappa shape index (κ2) is 6.28. The minimum atomic E-state index is -1.12. The van der Waals surface area contributed by atoms with Gasteiger partial charge in [-0.2, -0.15) is 0 Å². The summed E-state index contributed by atoms with van der Waals surface area (Å²) in [6, 6.07) is 6.88. The van der Waals surface area contributed by atoms with Gasteiger partial charge >= 0.3 is 0 Å². The van der Waals surface area contributed by atoms with E-state index in [2.05, 4.69) is 19.2 Å². The van der Waals surface area contributed by atoms with Gasteiger partial charge in [0.25, 0.3) is 0 Å². The number of hydrogen-bond donors (Lipinski definition) is 1. The molecular formula is C13H19NO2. The van der Waals surface area contributed by atoms with Crippen LogP contribution in [0.2, 0.25) is 0 Å². The molecule has 1 aromatic carbocycles. The summed E-state index contributed by atoms with van der Waals surface area (Å²) in [5.74, 6) is -0.382. The van der Waals surface area contributed by atoms with Crippen LogP contribution in [0.1, 0.15) is 36.2 Å². The number of carboxylic acids is 1. The SMILES string of the molecule is CC(C)CC[NH2+]Cc1ccc(C(=O)[O-])cc1. The van der Waals surface area contributed by atoms with Crippen LogP contribution in [0.4, 0.5) is 0 Å². The lowest BCUT2D eigenvalue weighted by atomic mass is 10.1. The van der Waals surface area contributed by atoms with Crippen molar-refractivity contribution in [1.82, 2.24) is 0 Å². The summed E-state index contributed by atoms with van der Waals surface area (Å²) in [6.07, 6.45) is 1.21. The van der Waals surface area contributed by atoms with Crippen molar-refractivity contribution in [1.29, 1.82) is 0 Å². The standard InChI is InChI=1S/C13H19NO2/c1-10(2)7-8-14-9-11-3-5-12(6-4-11)13(15)16/h3-6,10,14H,7-9H2,1-2H3,(H,15,16). The molecular weight excluding hydrogens is 202 g/mol. The van der Waals surface area contributed by atoms with E-state index < -0.39 is 5.97 Å². The van der Waals surface area contributed by atoms with Gasteiger partial charge in [0.15, 0.2) is 0 Å². The zero-order chi connectivity index (χ0) is 12.0. The summed E-state index contributed by atoms with van der Waals surface area (Å²) >= 11 is 0. The molecule has 0 aliphatic carbocycles. The number of aromatic carboxylic acids is 1. The van der Waals surface area contributed by atoms with Crippen LogP contribution in [0.25, 0.3) is 0 Å². The van der Waals surface area contributed by atoms with E-state index in [1.54, 1.807) is 12.1 Å². The van der Waals surface area contributed by atoms with Crippen molar-refractivity contribution < 1.29 is 15.2 Å². The molecule has 0 spiro atoms. The maximum atomic E-state index is 10.5. The van der Waals surface area contributed by atoms with Gasteiger partial charge in [0, 0.05) is 5.56 Å². The first kappa shape index (κ1) is 12.7. The topological polar surface area (TPSA) is 56.7 Å². The van der Waals surface area contributed by atoms with Crippen molar-refractivity contribution in [2.45, 2.75) is 26.8 Å². The molecule has 3 heteroatoms. The molecule has 0 fully saturated rings. The summed E-state index contributed by atoms with van der Waals surface area (Å²) in [7, 11) is 0. The number of carboxylic acid groups (broad SMARTS) is 1. The highest BCUT2D eigenvalue weighted by Crippen LogP contribution is 2.02. The fourth-order valence-corrected chi connectivity index (χ4v) is 1.50. The third kappa shape index (κ3) is 4.45. The van der Waals surface area contributed by atoms with Gasteiger partial charge in [-0.1, -0.05) is 38.1 Å². The number of hydrogen-bond acceptors (Lipinski definition) is 2. The molecule has 0 saturated heterocycles. The smallest absolute Gasteiger partial charge is 0.101 e. The minimum absolute atomic E-state index is 0.242. The van der Waals surface area contributed by atoms with Crippen LogP contribution in [0, 0.1) is 5.92 Å². The second-order valence-electron chi connectivity index (χ2n) is 4.45. The van der Waals surface area contributed by atoms with E-state index in [1.807, 2.05) is 12.1 Å². The Kier molecular flexibility index (Phi) is 4.99. The first-order valence-electron chi connectivity index (χ1n) is 5.71. The van der Waals surface area contributed by atoms with Crippen molar-refractivity contribution in [2.24, 2.45) is 5.92 Å². The molecule has 0 heterocycles. The molecule has 16 heavy (non-hydrogen) atoms. The van der Waals surface area contributed by atoms with Crippen molar-refractivity contribution >= 4 is 5.97 Å². The molecule has 0 saturated carbocycles. The van der Waals surface area contributed by atoms with Crippen molar-refractivity contribution in [2.75, 3.05) is 6.54 Å². The second-order valence-corrected chi connectivity index (χ2v) is 4.45. The van der Waals surface area contributed by atoms with E-state index in [0.717, 1.165) is 24.6 Å². The maximum Gasteiger partial charge on any atom is 0.101 e. The Balaban J connectivity index is 2.35. The Morgan fingerprint density at radius 1 is 1.31 bits per heavy atom. The molecule has 1 aromatic rings. The molecule has 2 N–H and O–H groups in total. The number of rotatable bonds is 6. The van der Waals surface area contributed by atoms with E-state index in [1.165, 1.54) is 6.42 Å². The van der Waals surface area contributed by atoms with Crippen molar-refractivity contribution in [3.8, 4) is 0 Å². The molecule has 0 radical (unpaired) electrons. The zero-order valence-electron chi connectivity index (χ0n) is 9.90. The average molecular weight is 221 g/mol. The Morgan fingerprint density at radius 3 is 2.44 bits per heavy atom. The lowest BCUT2D eigenvalue weighted by Gasteiger charge is -2.06. The molecule has 88 valence electrons. The van der Waals surface area contributed by atoms with Crippen LogP contribution in [-0.4, -0.2) is 12.5 Å². The van der Waals surface area contributed by atoms with Gasteiger partial charge in [-0.05, 0) is 17.9 Å². The molecule has 0 bridgehead atoms. The van der Waals surface area contributed by atoms with Crippen LogP contribution >= 0.6 is 0 Å². The van der Waals surface area contributed by atoms with E-state index >= 15 is 0 Å². The van der Waals surface area contributed by atoms with Crippen molar-refractivity contribution in [3.63, 3.8) is 0 Å². The highest BCUT2D eigenvalue weighted by atomic mass is 16.4. The Hall–Kier alpha value is -1.35. The van der Waals surface area contributed by atoms with Gasteiger partial charge in [-0.25, -0.2) is 0 Å². The van der Waals surface area contributed by atoms with Gasteiger partial charge in [-0.15, -0.1) is 0 Å². The molecule has 0 aliphatic rings. The molecule has 1 rings (SSSR count). The van der Waals surface area contributed by atoms with E-state index in [4.69, 9.17) is 0 Å². The number of quaternary nitrogens is 1. The monoisotopic (exact) mass is 221 g/mol. The predicted octanol–water partition coefficient (Wildman–Crippen LogP) is 0.160. The van der Waals surface area contributed by atoms with Crippen LogP contribution in [-0.2, 0) is 6.54 Å². The lowest BCUT2D eigenvalue weighted by Crippen LogP contribution is -2.82. The molecule has 0 aromatic heterocycles. The maximum absolute atomic E-state index is 10.5. The van der Waals surface area contributed by atoms with Crippen LogP contribution in [0.5, 0.6) is 0 Å². The van der Waals surface area contributed by atoms with E-state index in [-0.39, 0.29) is 5.56 Å². The van der Waals surface area contributed by atoms with Crippen molar-refractivity contribution in [3.05, 3.63) is 35.4 Å². The third-order valence-corrected chi connectivity index (χ3v) is 2.52. The summed E-state index contributed by atoms with van der Waals surface area (Å²) in [5, 5.41) is 12.8. The number of carbonyl (C=O) groups is 1. The third-order valence-electron chi connectivity index (χ3n) is 2.52. The van der Waals surface area contributed by atoms with Gasteiger partial charge < -0.3 is 15.2 Å². The zero-order valence-corrected chi connectivity index (χ0v) is 9.90.